The minimum Gasteiger partial charge on any atom is -0.292 e. The van der Waals surface area contributed by atoms with Crippen LogP contribution in [0.2, 0.25) is 0 Å². The summed E-state index contributed by atoms with van der Waals surface area (Å²) in [6, 6.07) is 27.7. The van der Waals surface area contributed by atoms with Gasteiger partial charge in [0.1, 0.15) is 5.82 Å². The smallest absolute Gasteiger partial charge is 0.145 e. The third-order valence-electron chi connectivity index (χ3n) is 10.2. The fourth-order valence-corrected chi connectivity index (χ4v) is 9.22. The van der Waals surface area contributed by atoms with E-state index in [0.717, 1.165) is 23.2 Å². The summed E-state index contributed by atoms with van der Waals surface area (Å²) in [5, 5.41) is 2.80. The van der Waals surface area contributed by atoms with Crippen molar-refractivity contribution in [2.24, 2.45) is 5.92 Å². The average molecular weight is 569 g/mol. The first-order chi connectivity index (χ1) is 20.5. The molecule has 1 fully saturated rings. The van der Waals surface area contributed by atoms with Crippen LogP contribution < -0.4 is 0 Å². The summed E-state index contributed by atoms with van der Waals surface area (Å²) in [5.41, 5.74) is 10.7. The van der Waals surface area contributed by atoms with Gasteiger partial charge in [0.15, 0.2) is 0 Å². The van der Waals surface area contributed by atoms with Gasteiger partial charge >= 0.3 is 0 Å². The minimum absolute atomic E-state index is 0.408. The van der Waals surface area contributed by atoms with E-state index in [4.69, 9.17) is 4.98 Å². The summed E-state index contributed by atoms with van der Waals surface area (Å²) in [6.45, 7) is 9.23. The molecule has 8 rings (SSSR count). The molecule has 2 atom stereocenters. The molecule has 2 aromatic heterocycles. The van der Waals surface area contributed by atoms with Crippen LogP contribution >= 0.6 is 11.3 Å². The number of hydrogen-bond acceptors (Lipinski definition) is 2. The van der Waals surface area contributed by atoms with Crippen LogP contribution in [0.3, 0.4) is 0 Å². The fourth-order valence-electron chi connectivity index (χ4n) is 8.10. The molecule has 0 saturated heterocycles. The topological polar surface area (TPSA) is 17.8 Å². The van der Waals surface area contributed by atoms with Crippen LogP contribution in [-0.2, 0) is 6.42 Å². The SMILES string of the molecule is CC(C)c1cccc(C(C)C)c1-n1c(-c2ccc3sc4cc5c(cc4c3c2)CCC2CCCCC52)nc2ccccc21. The van der Waals surface area contributed by atoms with Gasteiger partial charge in [-0.1, -0.05) is 70.9 Å². The monoisotopic (exact) mass is 568 g/mol. The lowest BCUT2D eigenvalue weighted by molar-refractivity contribution is 0.276. The second kappa shape index (κ2) is 10.1. The van der Waals surface area contributed by atoms with Gasteiger partial charge in [-0.25, -0.2) is 4.98 Å². The molecule has 6 aromatic rings. The summed E-state index contributed by atoms with van der Waals surface area (Å²) in [4.78, 5) is 5.31. The normalized spacial score (nSPS) is 18.8. The van der Waals surface area contributed by atoms with E-state index in [1.165, 1.54) is 86.6 Å². The molecule has 2 aliphatic carbocycles. The quantitative estimate of drug-likeness (QED) is 0.207. The number of rotatable bonds is 4. The van der Waals surface area contributed by atoms with Crippen LogP contribution in [-0.4, -0.2) is 9.55 Å². The highest BCUT2D eigenvalue weighted by Gasteiger charge is 2.32. The molecule has 0 N–H and O–H groups in total. The van der Waals surface area contributed by atoms with Gasteiger partial charge in [-0.2, -0.15) is 0 Å². The molecule has 0 aliphatic heterocycles. The molecule has 2 nitrogen and oxygen atoms in total. The van der Waals surface area contributed by atoms with E-state index in [1.807, 2.05) is 11.3 Å². The summed E-state index contributed by atoms with van der Waals surface area (Å²) < 4.78 is 5.29. The van der Waals surface area contributed by atoms with Crippen molar-refractivity contribution in [1.29, 1.82) is 0 Å². The Labute approximate surface area is 253 Å². The molecule has 2 unspecified atom stereocenters. The van der Waals surface area contributed by atoms with Crippen molar-refractivity contribution >= 4 is 42.5 Å². The molecule has 4 aromatic carbocycles. The number of aryl methyl sites for hydroxylation is 1. The van der Waals surface area contributed by atoms with Crippen molar-refractivity contribution in [1.82, 2.24) is 9.55 Å². The van der Waals surface area contributed by atoms with Crippen molar-refractivity contribution in [3.63, 3.8) is 0 Å². The second-order valence-corrected chi connectivity index (χ2v) is 14.5. The zero-order chi connectivity index (χ0) is 28.5. The molecule has 2 heterocycles. The van der Waals surface area contributed by atoms with E-state index in [-0.39, 0.29) is 0 Å². The van der Waals surface area contributed by atoms with Gasteiger partial charge in [0, 0.05) is 25.7 Å². The van der Waals surface area contributed by atoms with Gasteiger partial charge in [-0.3, -0.25) is 4.57 Å². The van der Waals surface area contributed by atoms with E-state index in [0.29, 0.717) is 11.8 Å². The highest BCUT2D eigenvalue weighted by molar-refractivity contribution is 7.25. The minimum atomic E-state index is 0.408. The van der Waals surface area contributed by atoms with Gasteiger partial charge in [-0.05, 0) is 114 Å². The van der Waals surface area contributed by atoms with Gasteiger partial charge < -0.3 is 0 Å². The number of fused-ring (bicyclic) bond motifs is 7. The van der Waals surface area contributed by atoms with Crippen LogP contribution in [0.5, 0.6) is 0 Å². The number of aromatic nitrogens is 2. The van der Waals surface area contributed by atoms with Crippen LogP contribution in [0.25, 0.3) is 48.3 Å². The summed E-state index contributed by atoms with van der Waals surface area (Å²) in [6.07, 6.45) is 8.24. The molecule has 0 radical (unpaired) electrons. The van der Waals surface area contributed by atoms with Crippen molar-refractivity contribution in [3.8, 4) is 17.1 Å². The Balaban J connectivity index is 1.35. The first kappa shape index (κ1) is 26.2. The Morgan fingerprint density at radius 3 is 2.33 bits per heavy atom. The van der Waals surface area contributed by atoms with E-state index in [9.17, 15) is 0 Å². The molecule has 3 heteroatoms. The van der Waals surface area contributed by atoms with Gasteiger partial charge in [0.25, 0.3) is 0 Å². The highest BCUT2D eigenvalue weighted by Crippen LogP contribution is 2.48. The maximum Gasteiger partial charge on any atom is 0.145 e. The van der Waals surface area contributed by atoms with E-state index >= 15 is 0 Å². The number of hydrogen-bond donors (Lipinski definition) is 0. The molecule has 212 valence electrons. The maximum atomic E-state index is 5.31. The van der Waals surface area contributed by atoms with Crippen LogP contribution in [0.15, 0.2) is 72.8 Å². The lowest BCUT2D eigenvalue weighted by Crippen LogP contribution is -2.23. The fraction of sp³-hybridized carbons (Fsp3) is 0.359. The van der Waals surface area contributed by atoms with Gasteiger partial charge in [0.05, 0.1) is 16.7 Å². The Kier molecular flexibility index (Phi) is 6.30. The predicted molar refractivity (Wildman–Crippen MR) is 181 cm³/mol. The first-order valence-corrected chi connectivity index (χ1v) is 16.9. The van der Waals surface area contributed by atoms with Gasteiger partial charge in [0.2, 0.25) is 0 Å². The van der Waals surface area contributed by atoms with Crippen molar-refractivity contribution in [2.75, 3.05) is 0 Å². The molecule has 42 heavy (non-hydrogen) atoms. The van der Waals surface area contributed by atoms with Crippen LogP contribution in [0.1, 0.15) is 99.8 Å². The van der Waals surface area contributed by atoms with Crippen molar-refractivity contribution in [3.05, 3.63) is 95.1 Å². The molecule has 1 saturated carbocycles. The maximum absolute atomic E-state index is 5.31. The average Bonchev–Trinajstić information content (AvgIpc) is 3.57. The molecule has 0 bridgehead atoms. The van der Waals surface area contributed by atoms with E-state index in [1.54, 1.807) is 11.1 Å². The lowest BCUT2D eigenvalue weighted by Gasteiger charge is -2.37. The zero-order valence-electron chi connectivity index (χ0n) is 25.3. The highest BCUT2D eigenvalue weighted by atomic mass is 32.1. The Morgan fingerprint density at radius 1 is 0.762 bits per heavy atom. The van der Waals surface area contributed by atoms with Crippen LogP contribution in [0.4, 0.5) is 0 Å². The first-order valence-electron chi connectivity index (χ1n) is 16.1. The van der Waals surface area contributed by atoms with Crippen LogP contribution in [0, 0.1) is 5.92 Å². The number of nitrogens with zero attached hydrogens (tertiary/aromatic N) is 2. The molecule has 2 aliphatic rings. The van der Waals surface area contributed by atoms with Crippen molar-refractivity contribution in [2.45, 2.75) is 84.0 Å². The Hall–Kier alpha value is -3.43. The predicted octanol–water partition coefficient (Wildman–Crippen LogP) is 11.5. The van der Waals surface area contributed by atoms with E-state index < -0.39 is 0 Å². The Morgan fingerprint density at radius 2 is 1.52 bits per heavy atom. The largest absolute Gasteiger partial charge is 0.292 e. The Bertz CT molecular complexity index is 1940. The third kappa shape index (κ3) is 4.07. The number of para-hydroxylation sites is 3. The second-order valence-electron chi connectivity index (χ2n) is 13.4. The van der Waals surface area contributed by atoms with E-state index in [2.05, 4.69) is 105 Å². The molecule has 0 spiro atoms. The summed E-state index contributed by atoms with van der Waals surface area (Å²) in [7, 11) is 0. The lowest BCUT2D eigenvalue weighted by atomic mass is 9.68. The third-order valence-corrected chi connectivity index (χ3v) is 11.3. The molecule has 0 amide bonds. The molecular formula is C39H40N2S. The standard InChI is InChI=1S/C39H40N2S/c1-23(2)28-12-9-13-29(24(3)4)38(28)41-35-15-8-7-14-34(35)40-39(41)27-18-19-36-32(21-27)33-20-26-17-16-25-10-5-6-11-30(25)31(26)22-37(33)42-36/h7-9,12-15,18-25,30H,5-6,10-11,16-17H2,1-4H3. The number of imidazole rings is 1. The summed E-state index contributed by atoms with van der Waals surface area (Å²) in [5.74, 6) is 3.54. The van der Waals surface area contributed by atoms with Gasteiger partial charge in [-0.15, -0.1) is 11.3 Å². The number of thiophene rings is 1. The zero-order valence-corrected chi connectivity index (χ0v) is 26.1. The molecular weight excluding hydrogens is 529 g/mol. The number of benzene rings is 4. The van der Waals surface area contributed by atoms with Crippen molar-refractivity contribution < 1.29 is 0 Å². The summed E-state index contributed by atoms with van der Waals surface area (Å²) >= 11 is 1.97.